The fourth-order valence-corrected chi connectivity index (χ4v) is 3.53. The lowest BCUT2D eigenvalue weighted by atomic mass is 10.3. The summed E-state index contributed by atoms with van der Waals surface area (Å²) >= 11 is 1.65. The first kappa shape index (κ1) is 12.9. The molecule has 3 heterocycles. The molecule has 20 heavy (non-hydrogen) atoms. The van der Waals surface area contributed by atoms with E-state index in [0.29, 0.717) is 12.1 Å². The van der Waals surface area contributed by atoms with Gasteiger partial charge in [0, 0.05) is 16.8 Å². The van der Waals surface area contributed by atoms with Crippen molar-refractivity contribution in [3.05, 3.63) is 27.5 Å². The molecule has 2 N–H and O–H groups in total. The molecule has 1 amide bonds. The number of carbonyl (C=O) groups is 1. The third kappa shape index (κ3) is 1.74. The van der Waals surface area contributed by atoms with Gasteiger partial charge in [-0.05, 0) is 19.9 Å². The predicted octanol–water partition coefficient (Wildman–Crippen LogP) is 1.23. The number of nitrogens with two attached hydrogens (primary N) is 1. The second kappa shape index (κ2) is 4.45. The van der Waals surface area contributed by atoms with Gasteiger partial charge in [-0.25, -0.2) is 4.68 Å². The number of nitrogens with zero attached hydrogens (tertiary/aromatic N) is 3. The highest BCUT2D eigenvalue weighted by molar-refractivity contribution is 7.20. The number of aryl methyl sites for hydroxylation is 2. The van der Waals surface area contributed by atoms with Crippen LogP contribution in [0, 0.1) is 6.92 Å². The van der Waals surface area contributed by atoms with Crippen molar-refractivity contribution in [3.8, 4) is 0 Å². The second-order valence-corrected chi connectivity index (χ2v) is 5.91. The topological polar surface area (TPSA) is 82.9 Å². The van der Waals surface area contributed by atoms with E-state index in [0.717, 1.165) is 20.3 Å². The van der Waals surface area contributed by atoms with Crippen molar-refractivity contribution >= 4 is 38.4 Å². The summed E-state index contributed by atoms with van der Waals surface area (Å²) in [6.07, 6.45) is 1.64. The minimum absolute atomic E-state index is 0.198. The maximum Gasteiger partial charge on any atom is 0.291 e. The molecule has 0 aromatic carbocycles. The zero-order chi connectivity index (χ0) is 14.4. The molecule has 0 fully saturated rings. The highest BCUT2D eigenvalue weighted by Gasteiger charge is 2.17. The van der Waals surface area contributed by atoms with Gasteiger partial charge in [0.1, 0.15) is 12.1 Å². The molecule has 0 saturated heterocycles. The number of fused-ring (bicyclic) bond motifs is 3. The van der Waals surface area contributed by atoms with Gasteiger partial charge < -0.3 is 10.3 Å². The molecule has 3 aromatic heterocycles. The Kier molecular flexibility index (Phi) is 2.86. The molecule has 6 nitrogen and oxygen atoms in total. The molecule has 0 bridgehead atoms. The van der Waals surface area contributed by atoms with E-state index in [1.54, 1.807) is 17.5 Å². The highest BCUT2D eigenvalue weighted by Crippen LogP contribution is 2.33. The van der Waals surface area contributed by atoms with E-state index < -0.39 is 5.91 Å². The van der Waals surface area contributed by atoms with E-state index in [1.165, 1.54) is 4.88 Å². The Hall–Kier alpha value is -2.15. The molecule has 0 saturated carbocycles. The van der Waals surface area contributed by atoms with Gasteiger partial charge in [0.25, 0.3) is 5.56 Å². The van der Waals surface area contributed by atoms with E-state index in [4.69, 9.17) is 5.73 Å². The van der Waals surface area contributed by atoms with Gasteiger partial charge >= 0.3 is 0 Å². The maximum atomic E-state index is 12.5. The van der Waals surface area contributed by atoms with Crippen molar-refractivity contribution in [3.63, 3.8) is 0 Å². The van der Waals surface area contributed by atoms with Crippen molar-refractivity contribution < 1.29 is 4.79 Å². The van der Waals surface area contributed by atoms with Crippen LogP contribution in [0.3, 0.4) is 0 Å². The third-order valence-corrected chi connectivity index (χ3v) is 4.35. The first-order valence-electron chi connectivity index (χ1n) is 6.29. The standard InChI is InChI=1S/C13H14N4O2S/c1-3-16-9-4-7(2)20-12(9)8-5-15-17(6-10(14)18)13(19)11(8)16/h4-5H,3,6H2,1-2H3,(H2,14,18). The van der Waals surface area contributed by atoms with Gasteiger partial charge in [-0.15, -0.1) is 11.3 Å². The molecule has 0 atom stereocenters. The molecule has 0 aliphatic rings. The summed E-state index contributed by atoms with van der Waals surface area (Å²) in [5.41, 5.74) is 6.50. The molecule has 3 rings (SSSR count). The monoisotopic (exact) mass is 290 g/mol. The lowest BCUT2D eigenvalue weighted by Gasteiger charge is -2.04. The van der Waals surface area contributed by atoms with Crippen molar-refractivity contribution in [1.82, 2.24) is 14.3 Å². The fourth-order valence-electron chi connectivity index (χ4n) is 2.51. The SMILES string of the molecule is CCn1c2cc(C)sc2c2cnn(CC(N)=O)c(=O)c21. The number of rotatable bonds is 3. The van der Waals surface area contributed by atoms with Crippen LogP contribution in [0.2, 0.25) is 0 Å². The minimum atomic E-state index is -0.578. The zero-order valence-corrected chi connectivity index (χ0v) is 12.0. The van der Waals surface area contributed by atoms with Gasteiger partial charge in [-0.1, -0.05) is 0 Å². The lowest BCUT2D eigenvalue weighted by molar-refractivity contribution is -0.118. The summed E-state index contributed by atoms with van der Waals surface area (Å²) in [5, 5.41) is 4.89. The average Bonchev–Trinajstić information content (AvgIpc) is 2.87. The summed E-state index contributed by atoms with van der Waals surface area (Å²) in [6.45, 7) is 4.52. The minimum Gasteiger partial charge on any atom is -0.368 e. The van der Waals surface area contributed by atoms with Gasteiger partial charge in [0.15, 0.2) is 0 Å². The largest absolute Gasteiger partial charge is 0.368 e. The van der Waals surface area contributed by atoms with Gasteiger partial charge in [-0.3, -0.25) is 9.59 Å². The maximum absolute atomic E-state index is 12.5. The third-order valence-electron chi connectivity index (χ3n) is 3.28. The zero-order valence-electron chi connectivity index (χ0n) is 11.2. The molecule has 0 aliphatic carbocycles. The lowest BCUT2D eigenvalue weighted by Crippen LogP contribution is -2.30. The Bertz CT molecular complexity index is 887. The number of primary amides is 1. The Morgan fingerprint density at radius 1 is 1.50 bits per heavy atom. The number of carbonyl (C=O) groups excluding carboxylic acids is 1. The van der Waals surface area contributed by atoms with Crippen molar-refractivity contribution in [1.29, 1.82) is 0 Å². The molecular weight excluding hydrogens is 276 g/mol. The number of hydrogen-bond acceptors (Lipinski definition) is 4. The summed E-state index contributed by atoms with van der Waals surface area (Å²) in [5.74, 6) is -0.578. The Morgan fingerprint density at radius 3 is 2.90 bits per heavy atom. The number of thiophene rings is 1. The van der Waals surface area contributed by atoms with E-state index in [9.17, 15) is 9.59 Å². The normalized spacial score (nSPS) is 11.5. The smallest absolute Gasteiger partial charge is 0.291 e. The molecule has 0 spiro atoms. The molecule has 0 aliphatic heterocycles. The van der Waals surface area contributed by atoms with E-state index in [-0.39, 0.29) is 12.1 Å². The van der Waals surface area contributed by atoms with Crippen LogP contribution in [-0.4, -0.2) is 20.3 Å². The van der Waals surface area contributed by atoms with Crippen LogP contribution in [0.25, 0.3) is 21.1 Å². The summed E-state index contributed by atoms with van der Waals surface area (Å²) in [4.78, 5) is 24.7. The van der Waals surface area contributed by atoms with Crippen LogP contribution in [0.4, 0.5) is 0 Å². The van der Waals surface area contributed by atoms with Crippen molar-refractivity contribution in [2.24, 2.45) is 5.73 Å². The molecule has 0 unspecified atom stereocenters. The van der Waals surface area contributed by atoms with Crippen LogP contribution in [0.1, 0.15) is 11.8 Å². The van der Waals surface area contributed by atoms with Crippen molar-refractivity contribution in [2.45, 2.75) is 26.9 Å². The highest BCUT2D eigenvalue weighted by atomic mass is 32.1. The molecule has 7 heteroatoms. The first-order chi connectivity index (χ1) is 9.52. The van der Waals surface area contributed by atoms with Gasteiger partial charge in [-0.2, -0.15) is 5.10 Å². The first-order valence-corrected chi connectivity index (χ1v) is 7.11. The fraction of sp³-hybridized carbons (Fsp3) is 0.308. The molecule has 0 radical (unpaired) electrons. The van der Waals surface area contributed by atoms with Crippen molar-refractivity contribution in [2.75, 3.05) is 0 Å². The van der Waals surface area contributed by atoms with E-state index >= 15 is 0 Å². The predicted molar refractivity (Wildman–Crippen MR) is 79.0 cm³/mol. The molecule has 104 valence electrons. The molecular formula is C13H14N4O2S. The van der Waals surface area contributed by atoms with Crippen LogP contribution < -0.4 is 11.3 Å². The summed E-state index contributed by atoms with van der Waals surface area (Å²) in [6, 6.07) is 2.07. The van der Waals surface area contributed by atoms with E-state index in [1.807, 2.05) is 18.4 Å². The second-order valence-electron chi connectivity index (χ2n) is 4.65. The van der Waals surface area contributed by atoms with Gasteiger partial charge in [0.2, 0.25) is 5.91 Å². The Morgan fingerprint density at radius 2 is 2.25 bits per heavy atom. The van der Waals surface area contributed by atoms with E-state index in [2.05, 4.69) is 11.2 Å². The average molecular weight is 290 g/mol. The number of aromatic nitrogens is 3. The Labute approximate surface area is 118 Å². The quantitative estimate of drug-likeness (QED) is 0.787. The Balaban J connectivity index is 2.42. The van der Waals surface area contributed by atoms with Crippen LogP contribution in [0.5, 0.6) is 0 Å². The summed E-state index contributed by atoms with van der Waals surface area (Å²) < 4.78 is 4.15. The number of hydrogen-bond donors (Lipinski definition) is 1. The number of amides is 1. The van der Waals surface area contributed by atoms with Crippen LogP contribution in [0.15, 0.2) is 17.1 Å². The molecule has 3 aromatic rings. The van der Waals surface area contributed by atoms with Crippen LogP contribution >= 0.6 is 11.3 Å². The summed E-state index contributed by atoms with van der Waals surface area (Å²) in [7, 11) is 0. The van der Waals surface area contributed by atoms with Crippen LogP contribution in [-0.2, 0) is 17.9 Å². The van der Waals surface area contributed by atoms with Gasteiger partial charge in [0.05, 0.1) is 16.4 Å².